The van der Waals surface area contributed by atoms with Crippen molar-refractivity contribution in [1.82, 2.24) is 10.0 Å². The van der Waals surface area contributed by atoms with Gasteiger partial charge in [0.05, 0.1) is 6.10 Å². The maximum Gasteiger partial charge on any atom is 0.250 e. The first-order valence-corrected chi connectivity index (χ1v) is 8.70. The van der Waals surface area contributed by atoms with Gasteiger partial charge in [-0.1, -0.05) is 0 Å². The first kappa shape index (κ1) is 14.9. The van der Waals surface area contributed by atoms with Crippen LogP contribution in [0.25, 0.3) is 0 Å². The van der Waals surface area contributed by atoms with Gasteiger partial charge < -0.3 is 10.1 Å². The summed E-state index contributed by atoms with van der Waals surface area (Å²) in [5.74, 6) is 0. The van der Waals surface area contributed by atoms with Crippen LogP contribution in [0, 0.1) is 6.92 Å². The zero-order chi connectivity index (χ0) is 13.9. The predicted molar refractivity (Wildman–Crippen MR) is 76.1 cm³/mol. The van der Waals surface area contributed by atoms with Crippen LogP contribution in [0.2, 0.25) is 0 Å². The molecule has 0 amide bonds. The number of sulfonamides is 1. The summed E-state index contributed by atoms with van der Waals surface area (Å²) in [7, 11) is -3.35. The first-order chi connectivity index (χ1) is 8.99. The summed E-state index contributed by atoms with van der Waals surface area (Å²) in [4.78, 5) is 0.996. The SMILES string of the molecule is Cc1ccc(S(=O)(=O)NCCN[C@@H]2CCO[C@H]2C)s1. The minimum absolute atomic E-state index is 0.205. The van der Waals surface area contributed by atoms with Gasteiger partial charge in [0.25, 0.3) is 0 Å². The molecule has 1 fully saturated rings. The Kier molecular flexibility index (Phi) is 4.97. The van der Waals surface area contributed by atoms with E-state index in [2.05, 4.69) is 10.0 Å². The van der Waals surface area contributed by atoms with Crippen LogP contribution in [0.3, 0.4) is 0 Å². The average molecular weight is 304 g/mol. The van der Waals surface area contributed by atoms with Crippen LogP contribution in [0.5, 0.6) is 0 Å². The van der Waals surface area contributed by atoms with Gasteiger partial charge in [-0.3, -0.25) is 0 Å². The van der Waals surface area contributed by atoms with Gasteiger partial charge in [-0.2, -0.15) is 0 Å². The average Bonchev–Trinajstić information content (AvgIpc) is 2.94. The van der Waals surface area contributed by atoms with Gasteiger partial charge in [0.15, 0.2) is 0 Å². The van der Waals surface area contributed by atoms with Gasteiger partial charge in [-0.25, -0.2) is 13.1 Å². The lowest BCUT2D eigenvalue weighted by Crippen LogP contribution is -2.40. The van der Waals surface area contributed by atoms with Gasteiger partial charge in [-0.05, 0) is 32.4 Å². The van der Waals surface area contributed by atoms with E-state index in [-0.39, 0.29) is 6.10 Å². The third-order valence-electron chi connectivity index (χ3n) is 3.18. The molecule has 19 heavy (non-hydrogen) atoms. The molecule has 7 heteroatoms. The Labute approximate surface area is 118 Å². The van der Waals surface area contributed by atoms with Crippen LogP contribution >= 0.6 is 11.3 Å². The second-order valence-corrected chi connectivity index (χ2v) is 7.97. The second-order valence-electron chi connectivity index (χ2n) is 4.69. The van der Waals surface area contributed by atoms with E-state index in [4.69, 9.17) is 4.74 Å². The Morgan fingerprint density at radius 1 is 1.42 bits per heavy atom. The summed E-state index contributed by atoms with van der Waals surface area (Å²) in [5.41, 5.74) is 0. The highest BCUT2D eigenvalue weighted by atomic mass is 32.2. The molecule has 2 heterocycles. The van der Waals surface area contributed by atoms with Gasteiger partial charge in [-0.15, -0.1) is 11.3 Å². The summed E-state index contributed by atoms with van der Waals surface area (Å²) in [5, 5.41) is 3.31. The van der Waals surface area contributed by atoms with E-state index < -0.39 is 10.0 Å². The van der Waals surface area contributed by atoms with Crippen LogP contribution in [0.1, 0.15) is 18.2 Å². The van der Waals surface area contributed by atoms with Gasteiger partial charge in [0.2, 0.25) is 10.0 Å². The zero-order valence-electron chi connectivity index (χ0n) is 11.2. The van der Waals surface area contributed by atoms with E-state index >= 15 is 0 Å². The van der Waals surface area contributed by atoms with Crippen LogP contribution in [-0.2, 0) is 14.8 Å². The largest absolute Gasteiger partial charge is 0.377 e. The molecule has 2 atom stereocenters. The molecule has 1 aromatic rings. The third kappa shape index (κ3) is 4.00. The molecule has 2 rings (SSSR count). The summed E-state index contributed by atoms with van der Waals surface area (Å²) >= 11 is 1.29. The highest BCUT2D eigenvalue weighted by Crippen LogP contribution is 2.20. The molecule has 0 saturated carbocycles. The maximum atomic E-state index is 12.0. The summed E-state index contributed by atoms with van der Waals surface area (Å²) < 4.78 is 32.3. The molecule has 0 bridgehead atoms. The zero-order valence-corrected chi connectivity index (χ0v) is 12.8. The summed E-state index contributed by atoms with van der Waals surface area (Å²) in [6.45, 7) is 5.71. The lowest BCUT2D eigenvalue weighted by Gasteiger charge is -2.15. The van der Waals surface area contributed by atoms with E-state index in [1.807, 2.05) is 19.9 Å². The van der Waals surface area contributed by atoms with Crippen LogP contribution in [0.4, 0.5) is 0 Å². The van der Waals surface area contributed by atoms with Crippen molar-refractivity contribution in [2.24, 2.45) is 0 Å². The second kappa shape index (κ2) is 6.32. The quantitative estimate of drug-likeness (QED) is 0.772. The predicted octanol–water partition coefficient (Wildman–Crippen LogP) is 1.10. The topological polar surface area (TPSA) is 67.4 Å². The fraction of sp³-hybridized carbons (Fsp3) is 0.667. The Hall–Kier alpha value is -0.470. The van der Waals surface area contributed by atoms with Gasteiger partial charge in [0.1, 0.15) is 4.21 Å². The fourth-order valence-electron chi connectivity index (χ4n) is 2.07. The highest BCUT2D eigenvalue weighted by molar-refractivity contribution is 7.91. The summed E-state index contributed by atoms with van der Waals surface area (Å²) in [6, 6.07) is 3.78. The third-order valence-corrected chi connectivity index (χ3v) is 6.13. The van der Waals surface area contributed by atoms with E-state index in [1.54, 1.807) is 6.07 Å². The van der Waals surface area contributed by atoms with Crippen LogP contribution in [0.15, 0.2) is 16.3 Å². The van der Waals surface area contributed by atoms with Crippen LogP contribution in [-0.4, -0.2) is 40.3 Å². The lowest BCUT2D eigenvalue weighted by atomic mass is 10.1. The molecule has 1 aromatic heterocycles. The molecule has 0 spiro atoms. The van der Waals surface area contributed by atoms with Crippen molar-refractivity contribution in [1.29, 1.82) is 0 Å². The van der Waals surface area contributed by atoms with E-state index in [1.165, 1.54) is 11.3 Å². The molecule has 1 aliphatic rings. The van der Waals surface area contributed by atoms with Crippen molar-refractivity contribution in [2.75, 3.05) is 19.7 Å². The molecular formula is C12H20N2O3S2. The molecule has 2 N–H and O–H groups in total. The number of aryl methyl sites for hydroxylation is 1. The molecule has 0 radical (unpaired) electrons. The first-order valence-electron chi connectivity index (χ1n) is 6.40. The molecule has 5 nitrogen and oxygen atoms in total. The van der Waals surface area contributed by atoms with Gasteiger partial charge in [0, 0.05) is 30.6 Å². The molecule has 108 valence electrons. The minimum atomic E-state index is -3.35. The minimum Gasteiger partial charge on any atom is -0.377 e. The van der Waals surface area contributed by atoms with Crippen molar-refractivity contribution < 1.29 is 13.2 Å². The highest BCUT2D eigenvalue weighted by Gasteiger charge is 2.23. The van der Waals surface area contributed by atoms with Crippen molar-refractivity contribution in [2.45, 2.75) is 36.6 Å². The maximum absolute atomic E-state index is 12.0. The standard InChI is InChI=1S/C12H20N2O3S2/c1-9-3-4-12(18-9)19(15,16)14-7-6-13-11-5-8-17-10(11)2/h3-4,10-11,13-14H,5-8H2,1-2H3/t10-,11+/m0/s1. The number of nitrogens with one attached hydrogen (secondary N) is 2. The Bertz CT molecular complexity index is 513. The fourth-order valence-corrected chi connectivity index (χ4v) is 4.43. The smallest absolute Gasteiger partial charge is 0.250 e. The Morgan fingerprint density at radius 2 is 2.21 bits per heavy atom. The van der Waals surface area contributed by atoms with E-state index in [9.17, 15) is 8.42 Å². The van der Waals surface area contributed by atoms with Crippen molar-refractivity contribution in [3.05, 3.63) is 17.0 Å². The number of hydrogen-bond donors (Lipinski definition) is 2. The molecule has 0 aliphatic carbocycles. The molecule has 0 unspecified atom stereocenters. The lowest BCUT2D eigenvalue weighted by molar-refractivity contribution is 0.113. The number of hydrogen-bond acceptors (Lipinski definition) is 5. The number of rotatable bonds is 6. The number of thiophene rings is 1. The van der Waals surface area contributed by atoms with Crippen molar-refractivity contribution in [3.8, 4) is 0 Å². The molecule has 1 aliphatic heterocycles. The van der Waals surface area contributed by atoms with E-state index in [0.717, 1.165) is 17.9 Å². The summed E-state index contributed by atoms with van der Waals surface area (Å²) in [6.07, 6.45) is 1.19. The molecular weight excluding hydrogens is 284 g/mol. The molecule has 1 saturated heterocycles. The van der Waals surface area contributed by atoms with Crippen molar-refractivity contribution >= 4 is 21.4 Å². The van der Waals surface area contributed by atoms with E-state index in [0.29, 0.717) is 23.3 Å². The molecule has 0 aromatic carbocycles. The Morgan fingerprint density at radius 3 is 2.79 bits per heavy atom. The number of ether oxygens (including phenoxy) is 1. The van der Waals surface area contributed by atoms with Gasteiger partial charge >= 0.3 is 0 Å². The van der Waals surface area contributed by atoms with Crippen LogP contribution < -0.4 is 10.0 Å². The normalized spacial score (nSPS) is 23.9. The van der Waals surface area contributed by atoms with Crippen molar-refractivity contribution in [3.63, 3.8) is 0 Å². The monoisotopic (exact) mass is 304 g/mol. The Balaban J connectivity index is 1.76.